The summed E-state index contributed by atoms with van der Waals surface area (Å²) in [6.45, 7) is 10.6. The van der Waals surface area contributed by atoms with E-state index in [4.69, 9.17) is 0 Å². The molecular weight excluding hydrogens is 232 g/mol. The van der Waals surface area contributed by atoms with Crippen LogP contribution in [0.15, 0.2) is 0 Å². The molecule has 0 aliphatic rings. The Kier molecular flexibility index (Phi) is 4.31. The lowest BCUT2D eigenvalue weighted by Crippen LogP contribution is -2.28. The van der Waals surface area contributed by atoms with Crippen LogP contribution in [0.5, 0.6) is 0 Å². The number of hydrogen-bond acceptors (Lipinski definition) is 4. The number of carbonyl (C=O) groups is 1. The zero-order valence-corrected chi connectivity index (χ0v) is 12.4. The molecule has 1 heterocycles. The summed E-state index contributed by atoms with van der Waals surface area (Å²) in [5.74, 6) is 0. The predicted molar refractivity (Wildman–Crippen MR) is 74.4 cm³/mol. The smallest absolute Gasteiger partial charge is 0.186 e. The Hall–Kier alpha value is -0.900. The Labute approximate surface area is 108 Å². The maximum absolute atomic E-state index is 11.1. The summed E-state index contributed by atoms with van der Waals surface area (Å²) in [4.78, 5) is 18.6. The van der Waals surface area contributed by atoms with Crippen LogP contribution in [-0.4, -0.2) is 24.4 Å². The van der Waals surface area contributed by atoms with Crippen molar-refractivity contribution < 1.29 is 4.79 Å². The highest BCUT2D eigenvalue weighted by Gasteiger charge is 2.24. The summed E-state index contributed by atoms with van der Waals surface area (Å²) in [5.41, 5.74) is 0.823. The summed E-state index contributed by atoms with van der Waals surface area (Å²) in [6.07, 6.45) is 1.99. The molecule has 17 heavy (non-hydrogen) atoms. The number of anilines is 1. The lowest BCUT2D eigenvalue weighted by Gasteiger charge is -2.23. The minimum Gasteiger partial charge on any atom is -0.348 e. The van der Waals surface area contributed by atoms with Crippen molar-refractivity contribution in [2.45, 2.75) is 52.5 Å². The van der Waals surface area contributed by atoms with Gasteiger partial charge in [0.1, 0.15) is 0 Å². The first-order chi connectivity index (χ1) is 7.81. The molecule has 0 aliphatic heterocycles. The van der Waals surface area contributed by atoms with Crippen LogP contribution in [-0.2, 0) is 5.41 Å². The molecule has 1 atom stereocenters. The molecule has 0 saturated carbocycles. The molecule has 1 rings (SSSR count). The van der Waals surface area contributed by atoms with Crippen LogP contribution in [0.4, 0.5) is 5.13 Å². The highest BCUT2D eigenvalue weighted by atomic mass is 32.1. The summed E-state index contributed by atoms with van der Waals surface area (Å²) >= 11 is 1.48. The van der Waals surface area contributed by atoms with Crippen molar-refractivity contribution >= 4 is 22.8 Å². The largest absolute Gasteiger partial charge is 0.348 e. The molecule has 0 fully saturated rings. The second-order valence-corrected chi connectivity index (χ2v) is 6.45. The molecule has 0 bridgehead atoms. The van der Waals surface area contributed by atoms with Crippen molar-refractivity contribution in [3.8, 4) is 0 Å². The number of nitrogens with zero attached hydrogens (tertiary/aromatic N) is 2. The van der Waals surface area contributed by atoms with E-state index in [0.29, 0.717) is 6.04 Å². The number of rotatable bonds is 4. The van der Waals surface area contributed by atoms with E-state index in [0.717, 1.165) is 28.4 Å². The minimum atomic E-state index is -0.0821. The van der Waals surface area contributed by atoms with E-state index in [1.807, 2.05) is 7.05 Å². The van der Waals surface area contributed by atoms with Crippen LogP contribution < -0.4 is 4.90 Å². The van der Waals surface area contributed by atoms with E-state index < -0.39 is 0 Å². The number of aromatic nitrogens is 1. The maximum Gasteiger partial charge on any atom is 0.186 e. The van der Waals surface area contributed by atoms with Crippen LogP contribution in [0.25, 0.3) is 0 Å². The molecule has 0 aromatic carbocycles. The monoisotopic (exact) mass is 254 g/mol. The first-order valence-corrected chi connectivity index (χ1v) is 6.82. The van der Waals surface area contributed by atoms with Gasteiger partial charge in [-0.25, -0.2) is 4.98 Å². The molecule has 4 heteroatoms. The van der Waals surface area contributed by atoms with Gasteiger partial charge in [-0.15, -0.1) is 0 Å². The molecule has 1 aromatic heterocycles. The van der Waals surface area contributed by atoms with Crippen molar-refractivity contribution in [3.05, 3.63) is 10.6 Å². The Morgan fingerprint density at radius 3 is 2.41 bits per heavy atom. The molecular formula is C13H22N2OS. The van der Waals surface area contributed by atoms with Gasteiger partial charge >= 0.3 is 0 Å². The second kappa shape index (κ2) is 5.17. The molecule has 0 radical (unpaired) electrons. The Balaban J connectivity index is 3.13. The molecule has 96 valence electrons. The topological polar surface area (TPSA) is 33.2 Å². The first-order valence-electron chi connectivity index (χ1n) is 6.00. The third kappa shape index (κ3) is 3.06. The van der Waals surface area contributed by atoms with Crippen molar-refractivity contribution in [3.63, 3.8) is 0 Å². The van der Waals surface area contributed by atoms with Gasteiger partial charge in [-0.05, 0) is 13.3 Å². The molecule has 0 amide bonds. The van der Waals surface area contributed by atoms with Gasteiger partial charge in [-0.2, -0.15) is 0 Å². The van der Waals surface area contributed by atoms with Gasteiger partial charge in [0.05, 0.1) is 10.6 Å². The molecule has 1 aromatic rings. The van der Waals surface area contributed by atoms with Crippen molar-refractivity contribution in [1.29, 1.82) is 0 Å². The summed E-state index contributed by atoms with van der Waals surface area (Å²) < 4.78 is 0. The fourth-order valence-corrected chi connectivity index (χ4v) is 2.70. The van der Waals surface area contributed by atoms with E-state index in [-0.39, 0.29) is 5.41 Å². The van der Waals surface area contributed by atoms with Gasteiger partial charge in [0.25, 0.3) is 0 Å². The highest BCUT2D eigenvalue weighted by Crippen LogP contribution is 2.33. The molecule has 0 spiro atoms. The van der Waals surface area contributed by atoms with Crippen molar-refractivity contribution in [1.82, 2.24) is 4.98 Å². The molecule has 1 unspecified atom stereocenters. The van der Waals surface area contributed by atoms with E-state index in [1.165, 1.54) is 11.3 Å². The van der Waals surface area contributed by atoms with E-state index in [2.05, 4.69) is 44.5 Å². The Bertz CT molecular complexity index is 393. The van der Waals surface area contributed by atoms with Crippen molar-refractivity contribution in [2.24, 2.45) is 0 Å². The number of carbonyl (C=O) groups excluding carboxylic acids is 1. The molecule has 0 aliphatic carbocycles. The summed E-state index contributed by atoms with van der Waals surface area (Å²) in [7, 11) is 2.04. The lowest BCUT2D eigenvalue weighted by molar-refractivity contribution is 0.112. The number of aldehydes is 1. The fourth-order valence-electron chi connectivity index (χ4n) is 1.55. The normalized spacial score (nSPS) is 13.5. The fraction of sp³-hybridized carbons (Fsp3) is 0.692. The minimum absolute atomic E-state index is 0.0821. The van der Waals surface area contributed by atoms with E-state index in [9.17, 15) is 4.79 Å². The van der Waals surface area contributed by atoms with E-state index in [1.54, 1.807) is 0 Å². The van der Waals surface area contributed by atoms with Crippen LogP contribution in [0.3, 0.4) is 0 Å². The molecule has 0 N–H and O–H groups in total. The maximum atomic E-state index is 11.1. The Morgan fingerprint density at radius 1 is 1.47 bits per heavy atom. The average molecular weight is 254 g/mol. The molecule has 3 nitrogen and oxygen atoms in total. The first kappa shape index (κ1) is 14.2. The molecule has 0 saturated heterocycles. The van der Waals surface area contributed by atoms with Gasteiger partial charge in [-0.3, -0.25) is 4.79 Å². The van der Waals surface area contributed by atoms with Crippen LogP contribution in [0.1, 0.15) is 56.4 Å². The van der Waals surface area contributed by atoms with Crippen molar-refractivity contribution in [2.75, 3.05) is 11.9 Å². The van der Waals surface area contributed by atoms with Gasteiger partial charge in [-0.1, -0.05) is 39.0 Å². The predicted octanol–water partition coefficient (Wildman–Crippen LogP) is 3.49. The second-order valence-electron chi connectivity index (χ2n) is 5.45. The van der Waals surface area contributed by atoms with Crippen LogP contribution in [0.2, 0.25) is 0 Å². The third-order valence-corrected chi connectivity index (χ3v) is 4.08. The zero-order chi connectivity index (χ0) is 13.2. The van der Waals surface area contributed by atoms with Crippen LogP contribution in [0, 0.1) is 0 Å². The number of hydrogen-bond donors (Lipinski definition) is 0. The lowest BCUT2D eigenvalue weighted by atomic mass is 9.91. The average Bonchev–Trinajstić information content (AvgIpc) is 2.70. The Morgan fingerprint density at radius 2 is 2.06 bits per heavy atom. The highest BCUT2D eigenvalue weighted by molar-refractivity contribution is 7.17. The van der Waals surface area contributed by atoms with Gasteiger partial charge < -0.3 is 4.90 Å². The third-order valence-electron chi connectivity index (χ3n) is 3.01. The van der Waals surface area contributed by atoms with E-state index >= 15 is 0 Å². The summed E-state index contributed by atoms with van der Waals surface area (Å²) in [6, 6.07) is 0.438. The number of thiazole rings is 1. The standard InChI is InChI=1S/C13H22N2OS/c1-7-9(2)15(6)12-14-11(13(3,4)5)10(8-16)17-12/h8-9H,7H2,1-6H3. The SMILES string of the molecule is CCC(C)N(C)c1nc(C(C)(C)C)c(C=O)s1. The van der Waals surface area contributed by atoms with Gasteiger partial charge in [0.15, 0.2) is 11.4 Å². The summed E-state index contributed by atoms with van der Waals surface area (Å²) in [5, 5.41) is 0.936. The van der Waals surface area contributed by atoms with Crippen LogP contribution >= 0.6 is 11.3 Å². The zero-order valence-electron chi connectivity index (χ0n) is 11.6. The quantitative estimate of drug-likeness (QED) is 0.771. The van der Waals surface area contributed by atoms with Gasteiger partial charge in [0, 0.05) is 18.5 Å². The van der Waals surface area contributed by atoms with Gasteiger partial charge in [0.2, 0.25) is 0 Å².